The molecule has 1 atom stereocenters. The summed E-state index contributed by atoms with van der Waals surface area (Å²) in [6, 6.07) is 1.48. The van der Waals surface area contributed by atoms with Gasteiger partial charge in [0.25, 0.3) is 5.91 Å². The second kappa shape index (κ2) is 6.13. The van der Waals surface area contributed by atoms with Gasteiger partial charge < -0.3 is 10.4 Å². The van der Waals surface area contributed by atoms with Gasteiger partial charge in [0.1, 0.15) is 23.6 Å². The quantitative estimate of drug-likeness (QED) is 0.720. The van der Waals surface area contributed by atoms with Gasteiger partial charge in [-0.15, -0.1) is 11.3 Å². The van der Waals surface area contributed by atoms with Gasteiger partial charge in [0.05, 0.1) is 6.04 Å². The highest BCUT2D eigenvalue weighted by Crippen LogP contribution is 2.17. The van der Waals surface area contributed by atoms with Crippen molar-refractivity contribution in [1.29, 1.82) is 0 Å². The van der Waals surface area contributed by atoms with Crippen LogP contribution in [0.4, 0.5) is 0 Å². The lowest BCUT2D eigenvalue weighted by molar-refractivity contribution is 0.0942. The molecule has 0 aliphatic carbocycles. The number of carbonyl (C=O) groups is 1. The van der Waals surface area contributed by atoms with Crippen molar-refractivity contribution in [3.8, 4) is 11.8 Å². The molecule has 0 aliphatic heterocycles. The van der Waals surface area contributed by atoms with Gasteiger partial charge in [-0.25, -0.2) is 4.98 Å². The van der Waals surface area contributed by atoms with Crippen LogP contribution in [0.3, 0.4) is 0 Å². The number of nitrogens with zero attached hydrogens (tertiary/aromatic N) is 2. The SMILES string of the molecule is CC(NC(=O)c1sccc1C#CCO)c1ncn[nH]1. The second-order valence-electron chi connectivity index (χ2n) is 3.69. The molecule has 2 aromatic heterocycles. The van der Waals surface area contributed by atoms with Crippen LogP contribution in [0, 0.1) is 11.8 Å². The summed E-state index contributed by atoms with van der Waals surface area (Å²) >= 11 is 1.30. The summed E-state index contributed by atoms with van der Waals surface area (Å²) in [6.45, 7) is 1.58. The third-order valence-electron chi connectivity index (χ3n) is 2.36. The zero-order valence-corrected chi connectivity index (χ0v) is 11.0. The first kappa shape index (κ1) is 13.3. The minimum Gasteiger partial charge on any atom is -0.384 e. The number of H-pyrrole nitrogens is 1. The van der Waals surface area contributed by atoms with Crippen molar-refractivity contribution in [3.63, 3.8) is 0 Å². The van der Waals surface area contributed by atoms with Crippen molar-refractivity contribution in [2.75, 3.05) is 6.61 Å². The lowest BCUT2D eigenvalue weighted by Gasteiger charge is -2.10. The standard InChI is InChI=1S/C12H12N4O2S/c1-8(11-13-7-14-16-11)15-12(18)10-9(3-2-5-17)4-6-19-10/h4,6-8,17H,5H2,1H3,(H,15,18)(H,13,14,16). The zero-order valence-electron chi connectivity index (χ0n) is 10.2. The lowest BCUT2D eigenvalue weighted by Crippen LogP contribution is -2.27. The summed E-state index contributed by atoms with van der Waals surface area (Å²) in [7, 11) is 0. The molecule has 1 amide bonds. The molecule has 0 bridgehead atoms. The summed E-state index contributed by atoms with van der Waals surface area (Å²) < 4.78 is 0. The topological polar surface area (TPSA) is 90.9 Å². The maximum Gasteiger partial charge on any atom is 0.263 e. The van der Waals surface area contributed by atoms with Crippen LogP contribution in [0.1, 0.15) is 34.0 Å². The van der Waals surface area contributed by atoms with Crippen LogP contribution in [0.2, 0.25) is 0 Å². The molecule has 0 aromatic carbocycles. The predicted molar refractivity (Wildman–Crippen MR) is 70.5 cm³/mol. The molecule has 7 heteroatoms. The van der Waals surface area contributed by atoms with Crippen molar-refractivity contribution in [3.05, 3.63) is 34.0 Å². The van der Waals surface area contributed by atoms with Gasteiger partial charge in [-0.1, -0.05) is 11.8 Å². The third-order valence-corrected chi connectivity index (χ3v) is 3.28. The normalized spacial score (nSPS) is 11.5. The van der Waals surface area contributed by atoms with E-state index in [0.717, 1.165) is 0 Å². The Balaban J connectivity index is 2.10. The van der Waals surface area contributed by atoms with Gasteiger partial charge in [-0.3, -0.25) is 9.89 Å². The van der Waals surface area contributed by atoms with E-state index < -0.39 is 0 Å². The van der Waals surface area contributed by atoms with Gasteiger partial charge in [-0.2, -0.15) is 5.10 Å². The van der Waals surface area contributed by atoms with Gasteiger partial charge >= 0.3 is 0 Å². The third kappa shape index (κ3) is 3.19. The Bertz CT molecular complexity index is 609. The number of rotatable bonds is 3. The number of aliphatic hydroxyl groups is 1. The summed E-state index contributed by atoms with van der Waals surface area (Å²) in [5.74, 6) is 5.65. The smallest absolute Gasteiger partial charge is 0.263 e. The molecule has 0 saturated carbocycles. The Kier molecular flexibility index (Phi) is 4.28. The van der Waals surface area contributed by atoms with E-state index in [2.05, 4.69) is 32.3 Å². The van der Waals surface area contributed by atoms with Gasteiger partial charge in [0.15, 0.2) is 0 Å². The first-order valence-corrected chi connectivity index (χ1v) is 6.43. The number of thiophene rings is 1. The maximum atomic E-state index is 12.1. The van der Waals surface area contributed by atoms with Crippen molar-refractivity contribution >= 4 is 17.2 Å². The van der Waals surface area contributed by atoms with Crippen LogP contribution < -0.4 is 5.32 Å². The number of hydrogen-bond donors (Lipinski definition) is 3. The number of aliphatic hydroxyl groups excluding tert-OH is 1. The van der Waals surface area contributed by atoms with E-state index in [4.69, 9.17) is 5.11 Å². The number of nitrogens with one attached hydrogen (secondary N) is 2. The molecule has 19 heavy (non-hydrogen) atoms. The van der Waals surface area contributed by atoms with Crippen LogP contribution in [0.5, 0.6) is 0 Å². The minimum absolute atomic E-state index is 0.221. The molecule has 1 unspecified atom stereocenters. The number of carbonyl (C=O) groups excluding carboxylic acids is 1. The van der Waals surface area contributed by atoms with Crippen molar-refractivity contribution in [2.24, 2.45) is 0 Å². The molecule has 0 saturated heterocycles. The fourth-order valence-corrected chi connectivity index (χ4v) is 2.22. The van der Waals surface area contributed by atoms with Crippen molar-refractivity contribution < 1.29 is 9.90 Å². The van der Waals surface area contributed by atoms with E-state index in [1.165, 1.54) is 17.7 Å². The largest absolute Gasteiger partial charge is 0.384 e. The minimum atomic E-state index is -0.268. The Morgan fingerprint density at radius 3 is 3.21 bits per heavy atom. The molecule has 0 fully saturated rings. The highest BCUT2D eigenvalue weighted by Gasteiger charge is 2.16. The van der Waals surface area contributed by atoms with E-state index in [1.807, 2.05) is 6.92 Å². The highest BCUT2D eigenvalue weighted by molar-refractivity contribution is 7.12. The summed E-state index contributed by atoms with van der Waals surface area (Å²) in [4.78, 5) is 16.6. The average Bonchev–Trinajstić information content (AvgIpc) is 3.07. The van der Waals surface area contributed by atoms with E-state index in [9.17, 15) is 4.79 Å². The van der Waals surface area contributed by atoms with Crippen LogP contribution in [-0.2, 0) is 0 Å². The Hall–Kier alpha value is -2.17. The average molecular weight is 276 g/mol. The van der Waals surface area contributed by atoms with E-state index in [-0.39, 0.29) is 18.6 Å². The first-order valence-electron chi connectivity index (χ1n) is 5.55. The van der Waals surface area contributed by atoms with Crippen LogP contribution >= 0.6 is 11.3 Å². The number of hydrogen-bond acceptors (Lipinski definition) is 5. The Morgan fingerprint density at radius 2 is 2.53 bits per heavy atom. The first-order chi connectivity index (χ1) is 9.22. The molecule has 2 aromatic rings. The molecule has 0 radical (unpaired) electrons. The van der Waals surface area contributed by atoms with Gasteiger partial charge in [0.2, 0.25) is 0 Å². The molecule has 98 valence electrons. The fraction of sp³-hybridized carbons (Fsp3) is 0.250. The monoisotopic (exact) mass is 276 g/mol. The van der Waals surface area contributed by atoms with E-state index in [1.54, 1.807) is 11.4 Å². The van der Waals surface area contributed by atoms with Gasteiger partial charge in [0, 0.05) is 5.56 Å². The molecule has 6 nitrogen and oxygen atoms in total. The van der Waals surface area contributed by atoms with Gasteiger partial charge in [-0.05, 0) is 18.4 Å². The predicted octanol–water partition coefficient (Wildman–Crippen LogP) is 0.701. The molecule has 0 spiro atoms. The lowest BCUT2D eigenvalue weighted by atomic mass is 10.2. The van der Waals surface area contributed by atoms with E-state index >= 15 is 0 Å². The Morgan fingerprint density at radius 1 is 1.68 bits per heavy atom. The highest BCUT2D eigenvalue weighted by atomic mass is 32.1. The van der Waals surface area contributed by atoms with E-state index in [0.29, 0.717) is 16.3 Å². The van der Waals surface area contributed by atoms with Crippen LogP contribution in [0.25, 0.3) is 0 Å². The summed E-state index contributed by atoms with van der Waals surface area (Å²) in [5, 5.41) is 19.7. The molecule has 0 aliphatic rings. The number of aromatic amines is 1. The van der Waals surface area contributed by atoms with Crippen molar-refractivity contribution in [1.82, 2.24) is 20.5 Å². The van der Waals surface area contributed by atoms with Crippen LogP contribution in [-0.4, -0.2) is 32.8 Å². The fourth-order valence-electron chi connectivity index (χ4n) is 1.47. The zero-order chi connectivity index (χ0) is 13.7. The number of aromatic nitrogens is 3. The second-order valence-corrected chi connectivity index (χ2v) is 4.61. The number of amides is 1. The molecule has 2 rings (SSSR count). The summed E-state index contributed by atoms with van der Waals surface area (Å²) in [5.41, 5.74) is 0.612. The Labute approximate surface area is 113 Å². The molecule has 2 heterocycles. The molecular weight excluding hydrogens is 264 g/mol. The molecular formula is C12H12N4O2S. The maximum absolute atomic E-state index is 12.1. The van der Waals surface area contributed by atoms with Crippen molar-refractivity contribution in [2.45, 2.75) is 13.0 Å². The van der Waals surface area contributed by atoms with Crippen LogP contribution in [0.15, 0.2) is 17.8 Å². The molecule has 3 N–H and O–H groups in total. The summed E-state index contributed by atoms with van der Waals surface area (Å²) in [6.07, 6.45) is 1.39.